The summed E-state index contributed by atoms with van der Waals surface area (Å²) < 4.78 is 1.06. The van der Waals surface area contributed by atoms with Crippen LogP contribution in [-0.2, 0) is 6.54 Å². The molecule has 9 heteroatoms. The molecule has 0 saturated carbocycles. The third kappa shape index (κ3) is 4.00. The zero-order chi connectivity index (χ0) is 19.5. The Hall–Kier alpha value is -2.91. The van der Waals surface area contributed by atoms with Gasteiger partial charge in [0.2, 0.25) is 5.13 Å². The van der Waals surface area contributed by atoms with Crippen LogP contribution >= 0.6 is 11.3 Å². The Kier molecular flexibility index (Phi) is 5.27. The zero-order valence-corrected chi connectivity index (χ0v) is 16.3. The number of azo groups is 1. The number of likely N-dealkylation sites (N-methyl/N-ethyl adjacent to an activating group) is 1. The molecule has 0 N–H and O–H groups in total. The van der Waals surface area contributed by atoms with E-state index in [0.717, 1.165) is 47.6 Å². The van der Waals surface area contributed by atoms with Gasteiger partial charge in [-0.25, -0.2) is 4.98 Å². The molecule has 144 valence electrons. The lowest BCUT2D eigenvalue weighted by Gasteiger charge is -2.35. The summed E-state index contributed by atoms with van der Waals surface area (Å²) in [6.07, 6.45) is 0. The molecule has 0 radical (unpaired) electrons. The van der Waals surface area contributed by atoms with Gasteiger partial charge in [-0.1, -0.05) is 23.5 Å². The Morgan fingerprint density at radius 2 is 1.96 bits per heavy atom. The van der Waals surface area contributed by atoms with Crippen molar-refractivity contribution in [2.24, 2.45) is 10.2 Å². The van der Waals surface area contributed by atoms with Gasteiger partial charge in [0.25, 0.3) is 5.69 Å². The molecule has 0 bridgehead atoms. The largest absolute Gasteiger partial charge is 0.369 e. The number of aromatic nitrogens is 1. The molecule has 4 rings (SSSR count). The first-order chi connectivity index (χ1) is 13.6. The Bertz CT molecular complexity index is 993. The molecular weight excluding hydrogens is 376 g/mol. The topological polar surface area (TPSA) is 87.2 Å². The number of benzene rings is 2. The van der Waals surface area contributed by atoms with Gasteiger partial charge >= 0.3 is 0 Å². The van der Waals surface area contributed by atoms with Crippen LogP contribution in [0.1, 0.15) is 5.56 Å². The second-order valence-corrected chi connectivity index (χ2v) is 7.73. The number of nitro groups is 1. The summed E-state index contributed by atoms with van der Waals surface area (Å²) in [5.41, 5.74) is 2.77. The van der Waals surface area contributed by atoms with E-state index in [-0.39, 0.29) is 17.2 Å². The number of fused-ring (bicyclic) bond motifs is 1. The van der Waals surface area contributed by atoms with E-state index in [2.05, 4.69) is 32.1 Å². The fourth-order valence-electron chi connectivity index (χ4n) is 3.24. The lowest BCUT2D eigenvalue weighted by Crippen LogP contribution is -2.44. The van der Waals surface area contributed by atoms with Crippen molar-refractivity contribution in [2.75, 3.05) is 38.1 Å². The number of thiazole rings is 1. The van der Waals surface area contributed by atoms with Crippen molar-refractivity contribution in [1.29, 1.82) is 0 Å². The molecule has 0 unspecified atom stereocenters. The van der Waals surface area contributed by atoms with Gasteiger partial charge in [-0.2, -0.15) is 5.11 Å². The van der Waals surface area contributed by atoms with Crippen molar-refractivity contribution in [3.8, 4) is 0 Å². The second kappa shape index (κ2) is 7.99. The van der Waals surface area contributed by atoms with Crippen LogP contribution in [0.25, 0.3) is 10.2 Å². The number of nitrogens with zero attached hydrogens (tertiary/aromatic N) is 6. The molecule has 2 heterocycles. The van der Waals surface area contributed by atoms with E-state index in [1.54, 1.807) is 12.1 Å². The monoisotopic (exact) mass is 396 g/mol. The van der Waals surface area contributed by atoms with Crippen LogP contribution in [0.5, 0.6) is 0 Å². The van der Waals surface area contributed by atoms with E-state index in [0.29, 0.717) is 5.13 Å². The molecule has 3 aromatic rings. The van der Waals surface area contributed by atoms with Gasteiger partial charge in [0.1, 0.15) is 0 Å². The van der Waals surface area contributed by atoms with Crippen LogP contribution in [0, 0.1) is 10.1 Å². The predicted molar refractivity (Wildman–Crippen MR) is 111 cm³/mol. The molecule has 8 nitrogen and oxygen atoms in total. The van der Waals surface area contributed by atoms with Crippen molar-refractivity contribution >= 4 is 38.1 Å². The molecule has 2 aromatic carbocycles. The highest BCUT2D eigenvalue weighted by molar-refractivity contribution is 7.21. The summed E-state index contributed by atoms with van der Waals surface area (Å²) in [6, 6.07) is 12.8. The molecule has 1 aliphatic rings. The van der Waals surface area contributed by atoms with Gasteiger partial charge in [0.15, 0.2) is 0 Å². The molecule has 0 aliphatic carbocycles. The minimum absolute atomic E-state index is 0.0723. The van der Waals surface area contributed by atoms with Crippen LogP contribution in [0.2, 0.25) is 0 Å². The maximum atomic E-state index is 11.2. The van der Waals surface area contributed by atoms with Gasteiger partial charge < -0.3 is 9.80 Å². The second-order valence-electron chi connectivity index (χ2n) is 6.72. The average Bonchev–Trinajstić information content (AvgIpc) is 3.11. The summed E-state index contributed by atoms with van der Waals surface area (Å²) in [4.78, 5) is 19.8. The summed E-state index contributed by atoms with van der Waals surface area (Å²) in [5.74, 6) is 0. The van der Waals surface area contributed by atoms with Crippen LogP contribution in [0.3, 0.4) is 0 Å². The lowest BCUT2D eigenvalue weighted by molar-refractivity contribution is -0.384. The highest BCUT2D eigenvalue weighted by atomic mass is 32.1. The number of hydrogen-bond donors (Lipinski definition) is 0. The maximum Gasteiger partial charge on any atom is 0.269 e. The minimum Gasteiger partial charge on any atom is -0.369 e. The summed E-state index contributed by atoms with van der Waals surface area (Å²) in [5, 5.41) is 20.3. The van der Waals surface area contributed by atoms with E-state index in [9.17, 15) is 10.1 Å². The van der Waals surface area contributed by atoms with Crippen molar-refractivity contribution in [3.63, 3.8) is 0 Å². The Morgan fingerprint density at radius 1 is 1.18 bits per heavy atom. The average molecular weight is 396 g/mol. The number of nitro benzene ring substituents is 1. The molecular formula is C19H20N6O2S. The van der Waals surface area contributed by atoms with Crippen molar-refractivity contribution < 1.29 is 4.92 Å². The van der Waals surface area contributed by atoms with Crippen LogP contribution in [0.15, 0.2) is 52.7 Å². The first kappa shape index (κ1) is 18.5. The Labute approximate surface area is 166 Å². The molecule has 0 spiro atoms. The number of piperazine rings is 1. The molecule has 1 saturated heterocycles. The van der Waals surface area contributed by atoms with Crippen molar-refractivity contribution in [3.05, 3.63) is 58.1 Å². The van der Waals surface area contributed by atoms with E-state index < -0.39 is 0 Å². The number of anilines is 1. The third-order valence-corrected chi connectivity index (χ3v) is 5.72. The number of non-ortho nitro benzene ring substituents is 1. The standard InChI is InChI=1S/C19H20N6O2S/c1-23-8-10-24(11-9-23)17-7-6-15(25(26)27)12-14(17)13-20-22-19-21-16-4-2-3-5-18(16)28-19/h2-7,12H,8-11,13H2,1H3. The van der Waals surface area contributed by atoms with Gasteiger partial charge in [-0.05, 0) is 25.2 Å². The van der Waals surface area contributed by atoms with Crippen LogP contribution in [-0.4, -0.2) is 48.0 Å². The number of hydrogen-bond acceptors (Lipinski definition) is 8. The molecule has 1 aliphatic heterocycles. The summed E-state index contributed by atoms with van der Waals surface area (Å²) in [6.45, 7) is 3.97. The maximum absolute atomic E-state index is 11.2. The third-order valence-electron chi connectivity index (χ3n) is 4.80. The normalized spacial score (nSPS) is 15.5. The molecule has 1 fully saturated rings. The van der Waals surface area contributed by atoms with Crippen molar-refractivity contribution in [1.82, 2.24) is 9.88 Å². The minimum atomic E-state index is -0.373. The molecule has 1 aromatic heterocycles. The van der Waals surface area contributed by atoms with E-state index in [4.69, 9.17) is 0 Å². The fraction of sp³-hybridized carbons (Fsp3) is 0.316. The number of rotatable bonds is 5. The fourth-order valence-corrected chi connectivity index (χ4v) is 4.05. The Balaban J connectivity index is 1.57. The smallest absolute Gasteiger partial charge is 0.269 e. The summed E-state index contributed by atoms with van der Waals surface area (Å²) >= 11 is 1.48. The Morgan fingerprint density at radius 3 is 2.71 bits per heavy atom. The first-order valence-corrected chi connectivity index (χ1v) is 9.86. The molecule has 28 heavy (non-hydrogen) atoms. The van der Waals surface area contributed by atoms with Gasteiger partial charge in [-0.15, -0.1) is 5.11 Å². The van der Waals surface area contributed by atoms with Crippen LogP contribution < -0.4 is 4.90 Å². The van der Waals surface area contributed by atoms with Gasteiger partial charge in [0.05, 0.1) is 21.7 Å². The van der Waals surface area contributed by atoms with Gasteiger partial charge in [-0.3, -0.25) is 10.1 Å². The SMILES string of the molecule is CN1CCN(c2ccc([N+](=O)[O-])cc2CN=Nc2nc3ccccc3s2)CC1. The van der Waals surface area contributed by atoms with E-state index >= 15 is 0 Å². The highest BCUT2D eigenvalue weighted by Crippen LogP contribution is 2.30. The van der Waals surface area contributed by atoms with E-state index in [1.165, 1.54) is 11.3 Å². The summed E-state index contributed by atoms with van der Waals surface area (Å²) in [7, 11) is 2.10. The van der Waals surface area contributed by atoms with E-state index in [1.807, 2.05) is 30.3 Å². The zero-order valence-electron chi connectivity index (χ0n) is 15.5. The predicted octanol–water partition coefficient (Wildman–Crippen LogP) is 4.24. The van der Waals surface area contributed by atoms with Gasteiger partial charge in [0, 0.05) is 49.6 Å². The molecule has 0 atom stereocenters. The lowest BCUT2D eigenvalue weighted by atomic mass is 10.1. The van der Waals surface area contributed by atoms with Crippen LogP contribution in [0.4, 0.5) is 16.5 Å². The quantitative estimate of drug-likeness (QED) is 0.366. The molecule has 0 amide bonds. The number of para-hydroxylation sites is 1. The highest BCUT2D eigenvalue weighted by Gasteiger charge is 2.19. The first-order valence-electron chi connectivity index (χ1n) is 9.04. The van der Waals surface area contributed by atoms with Crippen molar-refractivity contribution in [2.45, 2.75) is 6.54 Å².